The topological polar surface area (TPSA) is 108 Å². The van der Waals surface area contributed by atoms with Crippen LogP contribution in [0.3, 0.4) is 0 Å². The van der Waals surface area contributed by atoms with Gasteiger partial charge in [0.15, 0.2) is 0 Å². The molecule has 33 heavy (non-hydrogen) atoms. The Morgan fingerprint density at radius 1 is 1.00 bits per heavy atom. The molecule has 3 rings (SSSR count). The Balaban J connectivity index is 2.00. The van der Waals surface area contributed by atoms with E-state index < -0.39 is 27.7 Å². The molecule has 3 aromatic rings. The van der Waals surface area contributed by atoms with E-state index in [1.807, 2.05) is 0 Å². The standard InChI is InChI=1S/C22H19F3N2O5S/c1-13-10-16(31-2)7-9-19(13)32-20-11-14(22(23,24)25)6-8-18(20)21(28)27-15-4-3-5-17(12-15)33(26,29)30/h3-12H,1-2H3,(H,27,28)(H2,26,29,30). The molecule has 0 aliphatic carbocycles. The van der Waals surface area contributed by atoms with Gasteiger partial charge in [0.2, 0.25) is 10.0 Å². The molecule has 0 aromatic heterocycles. The lowest BCUT2D eigenvalue weighted by Crippen LogP contribution is -2.16. The van der Waals surface area contributed by atoms with Crippen LogP contribution in [-0.4, -0.2) is 21.4 Å². The van der Waals surface area contributed by atoms with Gasteiger partial charge in [0, 0.05) is 5.69 Å². The molecule has 1 amide bonds. The van der Waals surface area contributed by atoms with Gasteiger partial charge in [-0.15, -0.1) is 0 Å². The minimum absolute atomic E-state index is 0.0815. The number of rotatable bonds is 6. The van der Waals surface area contributed by atoms with Crippen molar-refractivity contribution in [3.63, 3.8) is 0 Å². The number of aryl methyl sites for hydroxylation is 1. The van der Waals surface area contributed by atoms with Gasteiger partial charge < -0.3 is 14.8 Å². The molecule has 0 radical (unpaired) electrons. The van der Waals surface area contributed by atoms with Crippen molar-refractivity contribution in [3.05, 3.63) is 77.4 Å². The number of anilines is 1. The van der Waals surface area contributed by atoms with Crippen LogP contribution in [0.2, 0.25) is 0 Å². The average molecular weight is 480 g/mol. The van der Waals surface area contributed by atoms with E-state index in [0.29, 0.717) is 11.3 Å². The van der Waals surface area contributed by atoms with Gasteiger partial charge in [0.1, 0.15) is 17.2 Å². The Labute approximate surface area is 188 Å². The van der Waals surface area contributed by atoms with Crippen LogP contribution in [0, 0.1) is 6.92 Å². The van der Waals surface area contributed by atoms with Gasteiger partial charge in [-0.05, 0) is 67.1 Å². The molecule has 0 saturated carbocycles. The van der Waals surface area contributed by atoms with E-state index in [2.05, 4.69) is 5.32 Å². The molecule has 3 N–H and O–H groups in total. The fourth-order valence-corrected chi connectivity index (χ4v) is 3.46. The number of amides is 1. The van der Waals surface area contributed by atoms with Crippen molar-refractivity contribution < 1.29 is 35.9 Å². The molecule has 0 heterocycles. The Kier molecular flexibility index (Phi) is 6.65. The number of hydrogen-bond acceptors (Lipinski definition) is 5. The van der Waals surface area contributed by atoms with Crippen molar-refractivity contribution >= 4 is 21.6 Å². The predicted molar refractivity (Wildman–Crippen MR) is 115 cm³/mol. The van der Waals surface area contributed by atoms with Gasteiger partial charge in [0.05, 0.1) is 23.1 Å². The van der Waals surface area contributed by atoms with Gasteiger partial charge in [-0.25, -0.2) is 13.6 Å². The molecule has 0 fully saturated rings. The number of carbonyl (C=O) groups is 1. The highest BCUT2D eigenvalue weighted by Gasteiger charge is 2.32. The number of ether oxygens (including phenoxy) is 2. The quantitative estimate of drug-likeness (QED) is 0.531. The zero-order chi connectivity index (χ0) is 24.4. The van der Waals surface area contributed by atoms with Crippen molar-refractivity contribution in [1.82, 2.24) is 0 Å². The number of methoxy groups -OCH3 is 1. The first kappa shape index (κ1) is 24.1. The van der Waals surface area contributed by atoms with Crippen LogP contribution < -0.4 is 19.9 Å². The number of primary sulfonamides is 1. The minimum Gasteiger partial charge on any atom is -0.497 e. The summed E-state index contributed by atoms with van der Waals surface area (Å²) in [7, 11) is -2.55. The van der Waals surface area contributed by atoms with Crippen molar-refractivity contribution in [3.8, 4) is 17.2 Å². The summed E-state index contributed by atoms with van der Waals surface area (Å²) in [6.45, 7) is 1.67. The van der Waals surface area contributed by atoms with E-state index in [1.54, 1.807) is 19.1 Å². The molecular formula is C22H19F3N2O5S. The van der Waals surface area contributed by atoms with Crippen LogP contribution in [0.1, 0.15) is 21.5 Å². The van der Waals surface area contributed by atoms with Crippen molar-refractivity contribution in [2.45, 2.75) is 18.0 Å². The number of alkyl halides is 3. The van der Waals surface area contributed by atoms with Crippen molar-refractivity contribution in [2.24, 2.45) is 5.14 Å². The van der Waals surface area contributed by atoms with Gasteiger partial charge in [-0.1, -0.05) is 6.07 Å². The molecular weight excluding hydrogens is 461 g/mol. The van der Waals surface area contributed by atoms with Crippen molar-refractivity contribution in [1.29, 1.82) is 0 Å². The highest BCUT2D eigenvalue weighted by atomic mass is 32.2. The molecule has 174 valence electrons. The first-order chi connectivity index (χ1) is 15.4. The zero-order valence-electron chi connectivity index (χ0n) is 17.4. The van der Waals surface area contributed by atoms with Crippen molar-refractivity contribution in [2.75, 3.05) is 12.4 Å². The molecule has 0 bridgehead atoms. The summed E-state index contributed by atoms with van der Waals surface area (Å²) in [6.07, 6.45) is -4.66. The molecule has 7 nitrogen and oxygen atoms in total. The van der Waals surface area contributed by atoms with Gasteiger partial charge >= 0.3 is 6.18 Å². The Morgan fingerprint density at radius 2 is 1.73 bits per heavy atom. The molecule has 0 aliphatic rings. The Morgan fingerprint density at radius 3 is 2.33 bits per heavy atom. The van der Waals surface area contributed by atoms with Crippen LogP contribution >= 0.6 is 0 Å². The van der Waals surface area contributed by atoms with E-state index in [1.165, 1.54) is 31.4 Å². The summed E-state index contributed by atoms with van der Waals surface area (Å²) in [6, 6.07) is 12.3. The number of nitrogens with one attached hydrogen (secondary N) is 1. The van der Waals surface area contributed by atoms with Crippen LogP contribution in [0.25, 0.3) is 0 Å². The molecule has 0 atom stereocenters. The molecule has 0 saturated heterocycles. The number of nitrogens with two attached hydrogens (primary N) is 1. The van der Waals surface area contributed by atoms with Gasteiger partial charge in [-0.2, -0.15) is 13.2 Å². The third kappa shape index (κ3) is 5.82. The second kappa shape index (κ2) is 9.12. The summed E-state index contributed by atoms with van der Waals surface area (Å²) in [4.78, 5) is 12.6. The van der Waals surface area contributed by atoms with E-state index >= 15 is 0 Å². The second-order valence-corrected chi connectivity index (χ2v) is 8.53. The molecule has 0 aliphatic heterocycles. The highest BCUT2D eigenvalue weighted by molar-refractivity contribution is 7.89. The Hall–Kier alpha value is -3.57. The van der Waals surface area contributed by atoms with Crippen LogP contribution in [0.4, 0.5) is 18.9 Å². The molecule has 11 heteroatoms. The number of benzene rings is 3. The molecule has 0 spiro atoms. The number of carbonyl (C=O) groups excluding carboxylic acids is 1. The largest absolute Gasteiger partial charge is 0.497 e. The van der Waals surface area contributed by atoms with Crippen LogP contribution in [-0.2, 0) is 16.2 Å². The summed E-state index contributed by atoms with van der Waals surface area (Å²) in [5.41, 5.74) is -0.548. The summed E-state index contributed by atoms with van der Waals surface area (Å²) >= 11 is 0. The van der Waals surface area contributed by atoms with Crippen LogP contribution in [0.15, 0.2) is 65.6 Å². The molecule has 3 aromatic carbocycles. The summed E-state index contributed by atoms with van der Waals surface area (Å²) in [5, 5.41) is 7.54. The van der Waals surface area contributed by atoms with Gasteiger partial charge in [-0.3, -0.25) is 4.79 Å². The first-order valence-corrected chi connectivity index (χ1v) is 10.9. The van der Waals surface area contributed by atoms with E-state index in [0.717, 1.165) is 24.3 Å². The number of halogens is 3. The van der Waals surface area contributed by atoms with Crippen LogP contribution in [0.5, 0.6) is 17.2 Å². The maximum absolute atomic E-state index is 13.3. The fourth-order valence-electron chi connectivity index (χ4n) is 2.90. The Bertz CT molecular complexity index is 1310. The van der Waals surface area contributed by atoms with E-state index in [9.17, 15) is 26.4 Å². The minimum atomic E-state index is -4.66. The lowest BCUT2D eigenvalue weighted by Gasteiger charge is -2.16. The number of sulfonamides is 1. The molecule has 0 unspecified atom stereocenters. The average Bonchev–Trinajstić information content (AvgIpc) is 2.74. The van der Waals surface area contributed by atoms with Gasteiger partial charge in [0.25, 0.3) is 5.91 Å². The third-order valence-electron chi connectivity index (χ3n) is 4.58. The maximum atomic E-state index is 13.3. The monoisotopic (exact) mass is 480 g/mol. The maximum Gasteiger partial charge on any atom is 0.416 e. The predicted octanol–water partition coefficient (Wildman–Crippen LogP) is 4.71. The lowest BCUT2D eigenvalue weighted by atomic mass is 10.1. The fraction of sp³-hybridized carbons (Fsp3) is 0.136. The van der Waals surface area contributed by atoms with E-state index in [4.69, 9.17) is 14.6 Å². The number of hydrogen-bond donors (Lipinski definition) is 2. The smallest absolute Gasteiger partial charge is 0.416 e. The zero-order valence-corrected chi connectivity index (χ0v) is 18.3. The SMILES string of the molecule is COc1ccc(Oc2cc(C(F)(F)F)ccc2C(=O)Nc2cccc(S(N)(=O)=O)c2)c(C)c1. The first-order valence-electron chi connectivity index (χ1n) is 9.36. The normalized spacial score (nSPS) is 11.7. The lowest BCUT2D eigenvalue weighted by molar-refractivity contribution is -0.137. The van der Waals surface area contributed by atoms with E-state index in [-0.39, 0.29) is 27.6 Å². The highest BCUT2D eigenvalue weighted by Crippen LogP contribution is 2.36. The summed E-state index contributed by atoms with van der Waals surface area (Å²) < 4.78 is 73.7. The summed E-state index contributed by atoms with van der Waals surface area (Å²) in [5.74, 6) is -0.397. The second-order valence-electron chi connectivity index (χ2n) is 6.97. The third-order valence-corrected chi connectivity index (χ3v) is 5.49.